The first kappa shape index (κ1) is 10.6. The molecule has 0 saturated heterocycles. The Balaban J connectivity index is 2.47. The average Bonchev–Trinajstić information content (AvgIpc) is 2.26. The molecule has 0 aliphatic rings. The summed E-state index contributed by atoms with van der Waals surface area (Å²) in [6.07, 6.45) is 0.0841. The number of rotatable bonds is 5. The second-order valence-corrected chi connectivity index (χ2v) is 2.74. The van der Waals surface area contributed by atoms with Crippen LogP contribution in [0, 0.1) is 0 Å². The summed E-state index contributed by atoms with van der Waals surface area (Å²) >= 11 is 0. The van der Waals surface area contributed by atoms with Gasteiger partial charge in [-0.05, 0) is 24.3 Å². The highest BCUT2D eigenvalue weighted by molar-refractivity contribution is 5.31. The minimum atomic E-state index is -1.13. The zero-order chi connectivity index (χ0) is 10.4. The van der Waals surface area contributed by atoms with E-state index in [1.54, 1.807) is 31.4 Å². The van der Waals surface area contributed by atoms with E-state index in [9.17, 15) is 4.39 Å². The zero-order valence-corrected chi connectivity index (χ0v) is 8.07. The molecule has 1 atom stereocenters. The molecular weight excluding hydrogens is 183 g/mol. The van der Waals surface area contributed by atoms with Gasteiger partial charge in [0, 0.05) is 0 Å². The Hall–Kier alpha value is -1.51. The molecule has 0 bridgehead atoms. The van der Waals surface area contributed by atoms with E-state index < -0.39 is 6.17 Å². The third-order valence-corrected chi connectivity index (χ3v) is 1.72. The van der Waals surface area contributed by atoms with Gasteiger partial charge in [0.05, 0.1) is 7.11 Å². The summed E-state index contributed by atoms with van der Waals surface area (Å²) in [6.45, 7) is 3.32. The Morgan fingerprint density at radius 3 is 2.43 bits per heavy atom. The molecule has 0 aliphatic heterocycles. The molecule has 0 saturated carbocycles. The van der Waals surface area contributed by atoms with Crippen molar-refractivity contribution in [3.8, 4) is 11.5 Å². The predicted octanol–water partition coefficient (Wildman–Crippen LogP) is 2.60. The van der Waals surface area contributed by atoms with Gasteiger partial charge in [0.2, 0.25) is 0 Å². The first-order valence-corrected chi connectivity index (χ1v) is 4.29. The molecule has 2 nitrogen and oxygen atoms in total. The minimum absolute atomic E-state index is 0.00414. The number of hydrogen-bond acceptors (Lipinski definition) is 2. The summed E-state index contributed by atoms with van der Waals surface area (Å²) in [5.41, 5.74) is 0. The van der Waals surface area contributed by atoms with E-state index in [4.69, 9.17) is 9.47 Å². The summed E-state index contributed by atoms with van der Waals surface area (Å²) in [5, 5.41) is 0. The third kappa shape index (κ3) is 3.09. The molecule has 76 valence electrons. The maximum atomic E-state index is 12.7. The topological polar surface area (TPSA) is 18.5 Å². The summed E-state index contributed by atoms with van der Waals surface area (Å²) in [5.74, 6) is 1.37. The fourth-order valence-corrected chi connectivity index (χ4v) is 0.916. The lowest BCUT2D eigenvalue weighted by molar-refractivity contribution is 0.229. The molecule has 0 aromatic heterocycles. The van der Waals surface area contributed by atoms with Gasteiger partial charge < -0.3 is 9.47 Å². The lowest BCUT2D eigenvalue weighted by atomic mass is 10.3. The highest BCUT2D eigenvalue weighted by atomic mass is 19.1. The Kier molecular flexibility index (Phi) is 3.98. The molecule has 0 N–H and O–H groups in total. The number of hydrogen-bond donors (Lipinski definition) is 0. The van der Waals surface area contributed by atoms with E-state index in [1.807, 2.05) is 0 Å². The fraction of sp³-hybridized carbons (Fsp3) is 0.273. The van der Waals surface area contributed by atoms with Gasteiger partial charge in [-0.25, -0.2) is 4.39 Å². The second kappa shape index (κ2) is 5.27. The van der Waals surface area contributed by atoms with Gasteiger partial charge in [0.1, 0.15) is 18.1 Å². The number of benzene rings is 1. The van der Waals surface area contributed by atoms with Crippen molar-refractivity contribution in [3.63, 3.8) is 0 Å². The summed E-state index contributed by atoms with van der Waals surface area (Å²) in [7, 11) is 1.59. The highest BCUT2D eigenvalue weighted by Gasteiger charge is 2.01. The first-order valence-electron chi connectivity index (χ1n) is 4.29. The number of ether oxygens (including phenoxy) is 2. The van der Waals surface area contributed by atoms with Crippen LogP contribution >= 0.6 is 0 Å². The minimum Gasteiger partial charge on any atom is -0.497 e. The van der Waals surface area contributed by atoms with Gasteiger partial charge in [0.25, 0.3) is 0 Å². The lowest BCUT2D eigenvalue weighted by Gasteiger charge is -2.07. The molecule has 0 spiro atoms. The lowest BCUT2D eigenvalue weighted by Crippen LogP contribution is -2.09. The van der Waals surface area contributed by atoms with Crippen molar-refractivity contribution in [2.45, 2.75) is 6.17 Å². The van der Waals surface area contributed by atoms with Gasteiger partial charge in [-0.1, -0.05) is 6.08 Å². The molecule has 0 aliphatic carbocycles. The predicted molar refractivity (Wildman–Crippen MR) is 53.6 cm³/mol. The van der Waals surface area contributed by atoms with Crippen LogP contribution in [0.25, 0.3) is 0 Å². The van der Waals surface area contributed by atoms with Crippen molar-refractivity contribution in [1.29, 1.82) is 0 Å². The fourth-order valence-electron chi connectivity index (χ4n) is 0.916. The molecule has 0 radical (unpaired) electrons. The van der Waals surface area contributed by atoms with E-state index in [0.717, 1.165) is 5.75 Å². The van der Waals surface area contributed by atoms with E-state index in [1.165, 1.54) is 6.08 Å². The quantitative estimate of drug-likeness (QED) is 0.674. The van der Waals surface area contributed by atoms with E-state index in [-0.39, 0.29) is 6.61 Å². The summed E-state index contributed by atoms with van der Waals surface area (Å²) in [4.78, 5) is 0. The van der Waals surface area contributed by atoms with E-state index >= 15 is 0 Å². The number of methoxy groups -OCH3 is 1. The van der Waals surface area contributed by atoms with Crippen LogP contribution in [0.2, 0.25) is 0 Å². The Bertz CT molecular complexity index is 282. The molecule has 1 rings (SSSR count). The maximum absolute atomic E-state index is 12.7. The molecule has 14 heavy (non-hydrogen) atoms. The van der Waals surface area contributed by atoms with Crippen molar-refractivity contribution in [2.75, 3.05) is 13.7 Å². The molecule has 0 amide bonds. The van der Waals surface area contributed by atoms with Gasteiger partial charge in [0.15, 0.2) is 6.17 Å². The maximum Gasteiger partial charge on any atom is 0.152 e. The number of alkyl halides is 1. The Labute approximate surface area is 83.0 Å². The normalized spacial score (nSPS) is 11.9. The third-order valence-electron chi connectivity index (χ3n) is 1.72. The molecular formula is C11H13FO2. The molecule has 1 aromatic carbocycles. The van der Waals surface area contributed by atoms with Crippen LogP contribution in [0.4, 0.5) is 4.39 Å². The van der Waals surface area contributed by atoms with E-state index in [2.05, 4.69) is 6.58 Å². The van der Waals surface area contributed by atoms with Gasteiger partial charge >= 0.3 is 0 Å². The summed E-state index contributed by atoms with van der Waals surface area (Å²) in [6, 6.07) is 6.98. The Morgan fingerprint density at radius 1 is 1.36 bits per heavy atom. The van der Waals surface area contributed by atoms with Crippen LogP contribution in [0.3, 0.4) is 0 Å². The van der Waals surface area contributed by atoms with Crippen LogP contribution < -0.4 is 9.47 Å². The largest absolute Gasteiger partial charge is 0.497 e. The molecule has 0 unspecified atom stereocenters. The Morgan fingerprint density at radius 2 is 1.93 bits per heavy atom. The summed E-state index contributed by atoms with van der Waals surface area (Å²) < 4.78 is 22.8. The SMILES string of the molecule is C=C[C@@H](F)COc1ccc(OC)cc1. The first-order chi connectivity index (χ1) is 6.76. The van der Waals surface area contributed by atoms with Gasteiger partial charge in [-0.3, -0.25) is 0 Å². The second-order valence-electron chi connectivity index (χ2n) is 2.74. The standard InChI is InChI=1S/C11H13FO2/c1-3-9(12)8-14-11-6-4-10(13-2)5-7-11/h3-7,9H,1,8H2,2H3/t9-/m1/s1. The van der Waals surface area contributed by atoms with Gasteiger partial charge in [-0.15, -0.1) is 6.58 Å². The van der Waals surface area contributed by atoms with Crippen LogP contribution in [0.15, 0.2) is 36.9 Å². The van der Waals surface area contributed by atoms with Crippen molar-refractivity contribution < 1.29 is 13.9 Å². The zero-order valence-electron chi connectivity index (χ0n) is 8.07. The van der Waals surface area contributed by atoms with Crippen LogP contribution in [-0.2, 0) is 0 Å². The molecule has 3 heteroatoms. The van der Waals surface area contributed by atoms with Crippen molar-refractivity contribution >= 4 is 0 Å². The molecule has 0 heterocycles. The van der Waals surface area contributed by atoms with Crippen molar-refractivity contribution in [1.82, 2.24) is 0 Å². The average molecular weight is 196 g/mol. The smallest absolute Gasteiger partial charge is 0.152 e. The highest BCUT2D eigenvalue weighted by Crippen LogP contribution is 2.17. The van der Waals surface area contributed by atoms with Crippen molar-refractivity contribution in [3.05, 3.63) is 36.9 Å². The van der Waals surface area contributed by atoms with E-state index in [0.29, 0.717) is 5.75 Å². The number of halogens is 1. The van der Waals surface area contributed by atoms with Crippen LogP contribution in [-0.4, -0.2) is 19.9 Å². The van der Waals surface area contributed by atoms with Crippen LogP contribution in [0.5, 0.6) is 11.5 Å². The molecule has 0 fully saturated rings. The van der Waals surface area contributed by atoms with Gasteiger partial charge in [-0.2, -0.15) is 0 Å². The van der Waals surface area contributed by atoms with Crippen LogP contribution in [0.1, 0.15) is 0 Å². The van der Waals surface area contributed by atoms with Crippen molar-refractivity contribution in [2.24, 2.45) is 0 Å². The monoisotopic (exact) mass is 196 g/mol. The molecule has 1 aromatic rings.